The third-order valence-corrected chi connectivity index (χ3v) is 4.00. The van der Waals surface area contributed by atoms with Crippen LogP contribution in [0.3, 0.4) is 0 Å². The Bertz CT molecular complexity index is 665. The maximum atomic E-state index is 12.7. The fourth-order valence-electron chi connectivity index (χ4n) is 1.71. The largest absolute Gasteiger partial charge is 0.361 e. The number of rotatable bonds is 6. The normalized spacial score (nSPS) is 11.7. The number of hydrogen-bond acceptors (Lipinski definition) is 4. The molecule has 2 aromatic rings. The van der Waals surface area contributed by atoms with Crippen LogP contribution in [0.15, 0.2) is 34.9 Å². The minimum absolute atomic E-state index is 0.178. The van der Waals surface area contributed by atoms with Crippen molar-refractivity contribution in [2.24, 2.45) is 0 Å². The Balaban J connectivity index is 1.86. The number of hydrogen-bond donors (Lipinski definition) is 1. The van der Waals surface area contributed by atoms with E-state index >= 15 is 0 Å². The van der Waals surface area contributed by atoms with Crippen LogP contribution < -0.4 is 4.72 Å². The Morgan fingerprint density at radius 1 is 1.30 bits per heavy atom. The van der Waals surface area contributed by atoms with E-state index in [1.165, 1.54) is 24.3 Å². The van der Waals surface area contributed by atoms with Gasteiger partial charge in [-0.1, -0.05) is 17.3 Å². The van der Waals surface area contributed by atoms with Crippen LogP contribution in [0.25, 0.3) is 0 Å². The highest BCUT2D eigenvalue weighted by Gasteiger charge is 2.11. The number of halogens is 1. The number of nitrogens with one attached hydrogen (secondary N) is 1. The third kappa shape index (κ3) is 4.43. The van der Waals surface area contributed by atoms with Crippen LogP contribution >= 0.6 is 0 Å². The Morgan fingerprint density at radius 2 is 2.00 bits per heavy atom. The summed E-state index contributed by atoms with van der Waals surface area (Å²) in [6.07, 6.45) is 0.434. The average molecular weight is 298 g/mol. The van der Waals surface area contributed by atoms with Gasteiger partial charge < -0.3 is 4.52 Å². The smallest absolute Gasteiger partial charge is 0.215 e. The number of aromatic nitrogens is 1. The Morgan fingerprint density at radius 3 is 2.60 bits per heavy atom. The number of sulfonamides is 1. The summed E-state index contributed by atoms with van der Waals surface area (Å²) in [5, 5.41) is 3.72. The molecule has 20 heavy (non-hydrogen) atoms. The molecule has 0 aliphatic heterocycles. The predicted molar refractivity (Wildman–Crippen MR) is 72.0 cm³/mol. The van der Waals surface area contributed by atoms with Gasteiger partial charge in [-0.05, 0) is 24.6 Å². The quantitative estimate of drug-likeness (QED) is 0.882. The average Bonchev–Trinajstić information content (AvgIpc) is 2.77. The molecule has 0 aliphatic carbocycles. The zero-order valence-electron chi connectivity index (χ0n) is 11.0. The second-order valence-corrected chi connectivity index (χ2v) is 6.27. The highest BCUT2D eigenvalue weighted by atomic mass is 32.2. The van der Waals surface area contributed by atoms with Gasteiger partial charge in [0.2, 0.25) is 10.0 Å². The lowest BCUT2D eigenvalue weighted by molar-refractivity contribution is 0.379. The van der Waals surface area contributed by atoms with Crippen LogP contribution in [0.1, 0.15) is 17.0 Å². The van der Waals surface area contributed by atoms with Gasteiger partial charge in [0, 0.05) is 19.0 Å². The number of nitrogens with zero attached hydrogens (tertiary/aromatic N) is 1. The molecule has 7 heteroatoms. The van der Waals surface area contributed by atoms with Crippen molar-refractivity contribution < 1.29 is 17.3 Å². The van der Waals surface area contributed by atoms with E-state index < -0.39 is 10.0 Å². The van der Waals surface area contributed by atoms with Crippen molar-refractivity contribution >= 4 is 10.0 Å². The van der Waals surface area contributed by atoms with Crippen LogP contribution in [-0.2, 0) is 22.2 Å². The minimum atomic E-state index is -3.45. The Kier molecular flexibility index (Phi) is 4.51. The SMILES string of the molecule is Cc1cc(CCNS(=O)(=O)Cc2ccc(F)cc2)on1. The van der Waals surface area contributed by atoms with Gasteiger partial charge in [0.25, 0.3) is 0 Å². The topological polar surface area (TPSA) is 72.2 Å². The van der Waals surface area contributed by atoms with Gasteiger partial charge in [0.1, 0.15) is 11.6 Å². The summed E-state index contributed by atoms with van der Waals surface area (Å²) in [5.41, 5.74) is 1.29. The van der Waals surface area contributed by atoms with Crippen LogP contribution in [0.4, 0.5) is 4.39 Å². The van der Waals surface area contributed by atoms with E-state index in [2.05, 4.69) is 9.88 Å². The molecule has 108 valence electrons. The lowest BCUT2D eigenvalue weighted by Crippen LogP contribution is -2.27. The zero-order chi connectivity index (χ0) is 14.6. The van der Waals surface area contributed by atoms with Crippen LogP contribution in [-0.4, -0.2) is 20.1 Å². The van der Waals surface area contributed by atoms with Crippen molar-refractivity contribution in [1.82, 2.24) is 9.88 Å². The molecule has 0 amide bonds. The van der Waals surface area contributed by atoms with Crippen molar-refractivity contribution in [1.29, 1.82) is 0 Å². The molecule has 1 aromatic carbocycles. The first-order valence-corrected chi connectivity index (χ1v) is 7.74. The maximum Gasteiger partial charge on any atom is 0.215 e. The zero-order valence-corrected chi connectivity index (χ0v) is 11.8. The van der Waals surface area contributed by atoms with Crippen molar-refractivity contribution in [3.63, 3.8) is 0 Å². The Labute approximate surface area is 116 Å². The monoisotopic (exact) mass is 298 g/mol. The van der Waals surface area contributed by atoms with Gasteiger partial charge in [-0.15, -0.1) is 0 Å². The van der Waals surface area contributed by atoms with Crippen LogP contribution in [0, 0.1) is 12.7 Å². The second-order valence-electron chi connectivity index (χ2n) is 4.46. The summed E-state index contributed by atoms with van der Waals surface area (Å²) in [4.78, 5) is 0. The molecule has 0 bridgehead atoms. The molecule has 2 rings (SSSR count). The minimum Gasteiger partial charge on any atom is -0.361 e. The standard InChI is InChI=1S/C13H15FN2O3S/c1-10-8-13(19-16-10)6-7-15-20(17,18)9-11-2-4-12(14)5-3-11/h2-5,8,15H,6-7,9H2,1H3. The van der Waals surface area contributed by atoms with Crippen molar-refractivity contribution in [3.05, 3.63) is 53.2 Å². The fourth-order valence-corrected chi connectivity index (χ4v) is 2.86. The molecule has 0 aliphatic rings. The van der Waals surface area contributed by atoms with E-state index in [0.717, 1.165) is 5.69 Å². The second kappa shape index (κ2) is 6.15. The maximum absolute atomic E-state index is 12.7. The molecule has 1 N–H and O–H groups in total. The van der Waals surface area contributed by atoms with Crippen molar-refractivity contribution in [3.8, 4) is 0 Å². The van der Waals surface area contributed by atoms with E-state index in [0.29, 0.717) is 17.7 Å². The molecule has 0 atom stereocenters. The first-order chi connectivity index (χ1) is 9.44. The number of aryl methyl sites for hydroxylation is 1. The van der Waals surface area contributed by atoms with Gasteiger partial charge in [-0.25, -0.2) is 17.5 Å². The molecule has 5 nitrogen and oxygen atoms in total. The van der Waals surface area contributed by atoms with Gasteiger partial charge in [-0.3, -0.25) is 0 Å². The molecule has 0 saturated heterocycles. The highest BCUT2D eigenvalue weighted by molar-refractivity contribution is 7.88. The van der Waals surface area contributed by atoms with Crippen molar-refractivity contribution in [2.75, 3.05) is 6.54 Å². The first-order valence-electron chi connectivity index (χ1n) is 6.08. The fraction of sp³-hybridized carbons (Fsp3) is 0.308. The molecule has 0 unspecified atom stereocenters. The van der Waals surface area contributed by atoms with Gasteiger partial charge >= 0.3 is 0 Å². The molecular weight excluding hydrogens is 283 g/mol. The van der Waals surface area contributed by atoms with E-state index in [1.54, 1.807) is 13.0 Å². The van der Waals surface area contributed by atoms with E-state index in [9.17, 15) is 12.8 Å². The summed E-state index contributed by atoms with van der Waals surface area (Å²) < 4.78 is 43.8. The Hall–Kier alpha value is -1.73. The molecule has 0 radical (unpaired) electrons. The summed E-state index contributed by atoms with van der Waals surface area (Å²) in [6.45, 7) is 2.03. The summed E-state index contributed by atoms with van der Waals surface area (Å²) >= 11 is 0. The number of benzene rings is 1. The summed E-state index contributed by atoms with van der Waals surface area (Å²) in [5.74, 6) is 0.0645. The lowest BCUT2D eigenvalue weighted by atomic mass is 10.2. The van der Waals surface area contributed by atoms with E-state index in [1.807, 2.05) is 0 Å². The lowest BCUT2D eigenvalue weighted by Gasteiger charge is -2.05. The molecular formula is C13H15FN2O3S. The molecule has 0 fully saturated rings. The van der Waals surface area contributed by atoms with E-state index in [4.69, 9.17) is 4.52 Å². The summed E-state index contributed by atoms with van der Waals surface area (Å²) in [6, 6.07) is 7.14. The van der Waals surface area contributed by atoms with Gasteiger partial charge in [0.15, 0.2) is 0 Å². The first kappa shape index (κ1) is 14.7. The highest BCUT2D eigenvalue weighted by Crippen LogP contribution is 2.07. The predicted octanol–water partition coefficient (Wildman–Crippen LogP) is 1.78. The van der Waals surface area contributed by atoms with Gasteiger partial charge in [-0.2, -0.15) is 0 Å². The van der Waals surface area contributed by atoms with Crippen LogP contribution in [0.5, 0.6) is 0 Å². The molecule has 1 heterocycles. The van der Waals surface area contributed by atoms with Crippen LogP contribution in [0.2, 0.25) is 0 Å². The third-order valence-electron chi connectivity index (χ3n) is 2.64. The van der Waals surface area contributed by atoms with Gasteiger partial charge in [0.05, 0.1) is 11.4 Å². The molecule has 0 spiro atoms. The van der Waals surface area contributed by atoms with Crippen molar-refractivity contribution in [2.45, 2.75) is 19.1 Å². The summed E-state index contributed by atoms with van der Waals surface area (Å²) in [7, 11) is -3.45. The molecule has 0 saturated carbocycles. The van der Waals surface area contributed by atoms with E-state index in [-0.39, 0.29) is 18.1 Å². The molecule has 1 aromatic heterocycles.